The highest BCUT2D eigenvalue weighted by atomic mass is 15.0. The van der Waals surface area contributed by atoms with Crippen molar-refractivity contribution in [1.82, 2.24) is 9.55 Å². The molecule has 1 heterocycles. The van der Waals surface area contributed by atoms with Gasteiger partial charge in [0.05, 0.1) is 6.33 Å². The van der Waals surface area contributed by atoms with Gasteiger partial charge in [-0.3, -0.25) is 0 Å². The van der Waals surface area contributed by atoms with Crippen LogP contribution in [-0.2, 0) is 6.54 Å². The second kappa shape index (κ2) is 2.68. The summed E-state index contributed by atoms with van der Waals surface area (Å²) in [6.45, 7) is 9.81. The molecule has 0 unspecified atom stereocenters. The zero-order chi connectivity index (χ0) is 8.48. The minimum absolute atomic E-state index is 0.339. The molecule has 0 aromatic carbocycles. The molecule has 0 aliphatic heterocycles. The molecule has 1 aromatic rings. The van der Waals surface area contributed by atoms with E-state index in [1.807, 2.05) is 12.5 Å². The Kier molecular flexibility index (Phi) is 2.03. The minimum Gasteiger partial charge on any atom is -0.334 e. The lowest BCUT2D eigenvalue weighted by Gasteiger charge is -2.19. The van der Waals surface area contributed by atoms with E-state index in [1.165, 1.54) is 5.69 Å². The molecule has 0 saturated heterocycles. The van der Waals surface area contributed by atoms with Crippen LogP contribution in [0.15, 0.2) is 12.5 Å². The van der Waals surface area contributed by atoms with Crippen molar-refractivity contribution in [3.8, 4) is 0 Å². The molecule has 1 rings (SSSR count). The summed E-state index contributed by atoms with van der Waals surface area (Å²) in [4.78, 5) is 4.07. The first kappa shape index (κ1) is 8.31. The lowest BCUT2D eigenvalue weighted by molar-refractivity contribution is 0.340. The Morgan fingerprint density at radius 3 is 2.45 bits per heavy atom. The molecule has 1 aromatic heterocycles. The summed E-state index contributed by atoms with van der Waals surface area (Å²) in [6, 6.07) is 0. The second-order valence-electron chi connectivity index (χ2n) is 4.22. The largest absolute Gasteiger partial charge is 0.334 e. The predicted octanol–water partition coefficient (Wildman–Crippen LogP) is 2.24. The van der Waals surface area contributed by atoms with Crippen molar-refractivity contribution in [3.63, 3.8) is 0 Å². The van der Waals surface area contributed by atoms with Crippen molar-refractivity contribution in [3.05, 3.63) is 18.2 Å². The maximum Gasteiger partial charge on any atom is 0.0948 e. The fourth-order valence-corrected chi connectivity index (χ4v) is 1.06. The van der Waals surface area contributed by atoms with E-state index in [9.17, 15) is 0 Å². The van der Waals surface area contributed by atoms with E-state index in [2.05, 4.69) is 37.2 Å². The van der Waals surface area contributed by atoms with Crippen LogP contribution in [0.1, 0.15) is 26.5 Å². The van der Waals surface area contributed by atoms with Gasteiger partial charge >= 0.3 is 0 Å². The summed E-state index contributed by atoms with van der Waals surface area (Å²) in [5.41, 5.74) is 1.57. The van der Waals surface area contributed by atoms with Gasteiger partial charge < -0.3 is 4.57 Å². The molecule has 62 valence electrons. The summed E-state index contributed by atoms with van der Waals surface area (Å²) in [6.07, 6.45) is 3.78. The molecule has 0 atom stereocenters. The van der Waals surface area contributed by atoms with Crippen molar-refractivity contribution < 1.29 is 0 Å². The van der Waals surface area contributed by atoms with Gasteiger partial charge in [0.2, 0.25) is 0 Å². The standard InChI is InChI=1S/C9H16N2/c1-8-5-10-7-11(8)6-9(2,3)4/h5,7H,6H2,1-4H3. The third-order valence-corrected chi connectivity index (χ3v) is 1.57. The molecule has 0 N–H and O–H groups in total. The van der Waals surface area contributed by atoms with Crippen molar-refractivity contribution in [1.29, 1.82) is 0 Å². The first-order chi connectivity index (χ1) is 4.99. The van der Waals surface area contributed by atoms with Gasteiger partial charge in [0.1, 0.15) is 0 Å². The maximum atomic E-state index is 4.07. The molecular weight excluding hydrogens is 136 g/mol. The average Bonchev–Trinajstić information content (AvgIpc) is 2.12. The minimum atomic E-state index is 0.339. The van der Waals surface area contributed by atoms with Crippen LogP contribution in [0, 0.1) is 12.3 Å². The Bertz CT molecular complexity index is 230. The zero-order valence-electron chi connectivity index (χ0n) is 7.76. The highest BCUT2D eigenvalue weighted by Gasteiger charge is 2.11. The molecule has 0 fully saturated rings. The van der Waals surface area contributed by atoms with Gasteiger partial charge in [-0.1, -0.05) is 20.8 Å². The van der Waals surface area contributed by atoms with Crippen molar-refractivity contribution in [2.45, 2.75) is 34.2 Å². The second-order valence-corrected chi connectivity index (χ2v) is 4.22. The molecule has 2 heteroatoms. The topological polar surface area (TPSA) is 17.8 Å². The molecule has 0 aliphatic carbocycles. The fraction of sp³-hybridized carbons (Fsp3) is 0.667. The highest BCUT2D eigenvalue weighted by molar-refractivity contribution is 4.94. The number of nitrogens with zero attached hydrogens (tertiary/aromatic N) is 2. The van der Waals surface area contributed by atoms with Gasteiger partial charge in [-0.25, -0.2) is 4.98 Å². The Labute approximate surface area is 68.3 Å². The third-order valence-electron chi connectivity index (χ3n) is 1.57. The molecule has 0 saturated carbocycles. The van der Waals surface area contributed by atoms with E-state index in [0.717, 1.165) is 6.54 Å². The third kappa shape index (κ3) is 2.37. The Morgan fingerprint density at radius 2 is 2.09 bits per heavy atom. The summed E-state index contributed by atoms with van der Waals surface area (Å²) >= 11 is 0. The summed E-state index contributed by atoms with van der Waals surface area (Å²) < 4.78 is 2.18. The molecule has 0 radical (unpaired) electrons. The SMILES string of the molecule is Cc1cncn1CC(C)(C)C. The highest BCUT2D eigenvalue weighted by Crippen LogP contribution is 2.16. The summed E-state index contributed by atoms with van der Waals surface area (Å²) in [5, 5.41) is 0. The molecule has 2 nitrogen and oxygen atoms in total. The van der Waals surface area contributed by atoms with Crippen LogP contribution >= 0.6 is 0 Å². The van der Waals surface area contributed by atoms with Gasteiger partial charge in [-0.15, -0.1) is 0 Å². The number of hydrogen-bond acceptors (Lipinski definition) is 1. The van der Waals surface area contributed by atoms with Crippen LogP contribution in [0.2, 0.25) is 0 Å². The zero-order valence-corrected chi connectivity index (χ0v) is 7.76. The van der Waals surface area contributed by atoms with Gasteiger partial charge in [-0.05, 0) is 12.3 Å². The molecule has 0 amide bonds. The number of rotatable bonds is 1. The van der Waals surface area contributed by atoms with E-state index < -0.39 is 0 Å². The normalized spacial score (nSPS) is 12.0. The fourth-order valence-electron chi connectivity index (χ4n) is 1.06. The molecule has 0 bridgehead atoms. The van der Waals surface area contributed by atoms with E-state index in [1.54, 1.807) is 0 Å². The van der Waals surface area contributed by atoms with Crippen LogP contribution in [0.5, 0.6) is 0 Å². The van der Waals surface area contributed by atoms with Crippen LogP contribution in [0.25, 0.3) is 0 Å². The molecule has 0 spiro atoms. The van der Waals surface area contributed by atoms with Crippen molar-refractivity contribution in [2.24, 2.45) is 5.41 Å². The Hall–Kier alpha value is -0.790. The maximum absolute atomic E-state index is 4.07. The van der Waals surface area contributed by atoms with E-state index in [0.29, 0.717) is 5.41 Å². The summed E-state index contributed by atoms with van der Waals surface area (Å²) in [5.74, 6) is 0. The predicted molar refractivity (Wildman–Crippen MR) is 46.4 cm³/mol. The first-order valence-electron chi connectivity index (χ1n) is 3.96. The quantitative estimate of drug-likeness (QED) is 0.603. The Morgan fingerprint density at radius 1 is 1.45 bits per heavy atom. The van der Waals surface area contributed by atoms with Gasteiger partial charge in [0.15, 0.2) is 0 Å². The summed E-state index contributed by atoms with van der Waals surface area (Å²) in [7, 11) is 0. The van der Waals surface area contributed by atoms with Gasteiger partial charge in [0.25, 0.3) is 0 Å². The van der Waals surface area contributed by atoms with Crippen molar-refractivity contribution >= 4 is 0 Å². The van der Waals surface area contributed by atoms with Gasteiger partial charge in [0, 0.05) is 18.4 Å². The number of aromatic nitrogens is 2. The van der Waals surface area contributed by atoms with Crippen LogP contribution in [0.3, 0.4) is 0 Å². The monoisotopic (exact) mass is 152 g/mol. The average molecular weight is 152 g/mol. The molecule has 0 aliphatic rings. The van der Waals surface area contributed by atoms with E-state index in [4.69, 9.17) is 0 Å². The first-order valence-corrected chi connectivity index (χ1v) is 3.96. The lowest BCUT2D eigenvalue weighted by atomic mass is 9.97. The molecular formula is C9H16N2. The van der Waals surface area contributed by atoms with Crippen LogP contribution in [-0.4, -0.2) is 9.55 Å². The number of hydrogen-bond donors (Lipinski definition) is 0. The number of imidazole rings is 1. The van der Waals surface area contributed by atoms with Crippen LogP contribution < -0.4 is 0 Å². The Balaban J connectivity index is 2.72. The van der Waals surface area contributed by atoms with Gasteiger partial charge in [-0.2, -0.15) is 0 Å². The van der Waals surface area contributed by atoms with E-state index in [-0.39, 0.29) is 0 Å². The van der Waals surface area contributed by atoms with E-state index >= 15 is 0 Å². The van der Waals surface area contributed by atoms with Crippen LogP contribution in [0.4, 0.5) is 0 Å². The van der Waals surface area contributed by atoms with Crippen molar-refractivity contribution in [2.75, 3.05) is 0 Å². The molecule has 11 heavy (non-hydrogen) atoms. The number of aryl methyl sites for hydroxylation is 1. The smallest absolute Gasteiger partial charge is 0.0948 e. The lowest BCUT2D eigenvalue weighted by Crippen LogP contribution is -2.15.